The zero-order valence-corrected chi connectivity index (χ0v) is 14.0. The Morgan fingerprint density at radius 1 is 1.15 bits per heavy atom. The molecule has 0 atom stereocenters. The van der Waals surface area contributed by atoms with Crippen molar-refractivity contribution in [2.45, 2.75) is 6.92 Å². The Labute approximate surface area is 137 Å². The minimum Gasteiger partial charge on any atom is -0.490 e. The molecule has 0 bridgehead atoms. The Balaban J connectivity index is 1.86. The summed E-state index contributed by atoms with van der Waals surface area (Å²) in [5.74, 6) is 0.729. The van der Waals surface area contributed by atoms with Gasteiger partial charge in [0, 0.05) is 21.7 Å². The van der Waals surface area contributed by atoms with Crippen LogP contribution in [0.15, 0.2) is 40.9 Å². The Kier molecular flexibility index (Phi) is 5.58. The largest absolute Gasteiger partial charge is 0.490 e. The summed E-state index contributed by atoms with van der Waals surface area (Å²) >= 11 is 15.4. The molecule has 2 nitrogen and oxygen atoms in total. The first-order valence-corrected chi connectivity index (χ1v) is 7.69. The molecule has 0 radical (unpaired) electrons. The molecule has 0 heterocycles. The van der Waals surface area contributed by atoms with E-state index >= 15 is 0 Å². The molecule has 106 valence electrons. The minimum atomic E-state index is 0.533. The fourth-order valence-electron chi connectivity index (χ4n) is 1.79. The van der Waals surface area contributed by atoms with Crippen molar-refractivity contribution in [1.82, 2.24) is 0 Å². The van der Waals surface area contributed by atoms with Gasteiger partial charge in [0.1, 0.15) is 12.4 Å². The monoisotopic (exact) mass is 373 g/mol. The molecule has 0 aromatic heterocycles. The normalized spacial score (nSPS) is 10.4. The maximum atomic E-state index is 6.16. The number of aryl methyl sites for hydroxylation is 1. The maximum Gasteiger partial charge on any atom is 0.140 e. The first kappa shape index (κ1) is 15.5. The second-order valence-corrected chi connectivity index (χ2v) is 6.08. The lowest BCUT2D eigenvalue weighted by atomic mass is 10.2. The average molecular weight is 375 g/mol. The van der Waals surface area contributed by atoms with Crippen LogP contribution < -0.4 is 10.1 Å². The standard InChI is InChI=1S/C15H14BrCl2NO/c1-10-8-11(16)9-14(18)15(10)20-7-6-19-13-4-2-12(17)3-5-13/h2-5,8-9,19H,6-7H2,1H3. The van der Waals surface area contributed by atoms with E-state index in [0.717, 1.165) is 26.5 Å². The fourth-order valence-corrected chi connectivity index (χ4v) is 2.94. The molecular weight excluding hydrogens is 361 g/mol. The van der Waals surface area contributed by atoms with Gasteiger partial charge in [-0.2, -0.15) is 0 Å². The summed E-state index contributed by atoms with van der Waals surface area (Å²) in [5, 5.41) is 4.60. The Morgan fingerprint density at radius 2 is 1.85 bits per heavy atom. The summed E-state index contributed by atoms with van der Waals surface area (Å²) in [6.45, 7) is 3.19. The van der Waals surface area contributed by atoms with Crippen molar-refractivity contribution < 1.29 is 4.74 Å². The summed E-state index contributed by atoms with van der Waals surface area (Å²) in [7, 11) is 0. The van der Waals surface area contributed by atoms with Crippen LogP contribution in [0.1, 0.15) is 5.56 Å². The quantitative estimate of drug-likeness (QED) is 0.692. The van der Waals surface area contributed by atoms with Gasteiger partial charge in [-0.05, 0) is 48.9 Å². The first-order chi connectivity index (χ1) is 9.56. The van der Waals surface area contributed by atoms with Crippen LogP contribution in [0.3, 0.4) is 0 Å². The van der Waals surface area contributed by atoms with E-state index in [1.54, 1.807) is 0 Å². The third-order valence-corrected chi connectivity index (χ3v) is 3.71. The number of ether oxygens (including phenoxy) is 1. The highest BCUT2D eigenvalue weighted by atomic mass is 79.9. The van der Waals surface area contributed by atoms with Crippen molar-refractivity contribution in [3.8, 4) is 5.75 Å². The van der Waals surface area contributed by atoms with Gasteiger partial charge in [-0.15, -0.1) is 0 Å². The second-order valence-electron chi connectivity index (χ2n) is 4.32. The van der Waals surface area contributed by atoms with Gasteiger partial charge < -0.3 is 10.1 Å². The second kappa shape index (κ2) is 7.21. The topological polar surface area (TPSA) is 21.3 Å². The number of hydrogen-bond donors (Lipinski definition) is 1. The van der Waals surface area contributed by atoms with Gasteiger partial charge in [-0.3, -0.25) is 0 Å². The zero-order valence-electron chi connectivity index (χ0n) is 10.9. The third-order valence-electron chi connectivity index (χ3n) is 2.72. The van der Waals surface area contributed by atoms with Crippen LogP contribution in [0.25, 0.3) is 0 Å². The number of benzene rings is 2. The molecule has 0 saturated carbocycles. The summed E-state index contributed by atoms with van der Waals surface area (Å²) in [6.07, 6.45) is 0. The van der Waals surface area contributed by atoms with Crippen LogP contribution >= 0.6 is 39.1 Å². The van der Waals surface area contributed by atoms with Crippen molar-refractivity contribution in [1.29, 1.82) is 0 Å². The number of halogens is 3. The van der Waals surface area contributed by atoms with Gasteiger partial charge in [0.15, 0.2) is 0 Å². The SMILES string of the molecule is Cc1cc(Br)cc(Cl)c1OCCNc1ccc(Cl)cc1. The minimum absolute atomic E-state index is 0.533. The lowest BCUT2D eigenvalue weighted by molar-refractivity contribution is 0.331. The molecule has 2 rings (SSSR count). The molecule has 0 aliphatic carbocycles. The molecule has 0 aliphatic heterocycles. The van der Waals surface area contributed by atoms with E-state index in [4.69, 9.17) is 27.9 Å². The van der Waals surface area contributed by atoms with E-state index in [-0.39, 0.29) is 0 Å². The van der Waals surface area contributed by atoms with Crippen molar-refractivity contribution >= 4 is 44.8 Å². The Bertz CT molecular complexity index is 564. The van der Waals surface area contributed by atoms with E-state index in [2.05, 4.69) is 21.2 Å². The molecule has 1 N–H and O–H groups in total. The molecule has 0 spiro atoms. The molecule has 0 saturated heterocycles. The van der Waals surface area contributed by atoms with E-state index < -0.39 is 0 Å². The third kappa shape index (κ3) is 4.30. The Hall–Kier alpha value is -0.900. The van der Waals surface area contributed by atoms with Crippen molar-refractivity contribution in [2.75, 3.05) is 18.5 Å². The highest BCUT2D eigenvalue weighted by Gasteiger charge is 2.06. The van der Waals surface area contributed by atoms with Crippen LogP contribution in [0.4, 0.5) is 5.69 Å². The molecule has 0 aliphatic rings. The summed E-state index contributed by atoms with van der Waals surface area (Å²) in [5.41, 5.74) is 2.02. The first-order valence-electron chi connectivity index (χ1n) is 6.14. The molecule has 5 heteroatoms. The number of hydrogen-bond acceptors (Lipinski definition) is 2. The summed E-state index contributed by atoms with van der Waals surface area (Å²) in [4.78, 5) is 0. The molecule has 2 aromatic carbocycles. The van der Waals surface area contributed by atoms with Gasteiger partial charge in [0.2, 0.25) is 0 Å². The van der Waals surface area contributed by atoms with Gasteiger partial charge in [0.25, 0.3) is 0 Å². The van der Waals surface area contributed by atoms with E-state index in [0.29, 0.717) is 18.2 Å². The predicted octanol–water partition coefficient (Wildman–Crippen LogP) is 5.56. The molecular formula is C15H14BrCl2NO. The average Bonchev–Trinajstić information content (AvgIpc) is 2.39. The zero-order chi connectivity index (χ0) is 14.5. The van der Waals surface area contributed by atoms with E-state index in [9.17, 15) is 0 Å². The van der Waals surface area contributed by atoms with Crippen LogP contribution in [0.5, 0.6) is 5.75 Å². The smallest absolute Gasteiger partial charge is 0.140 e. The van der Waals surface area contributed by atoms with Crippen LogP contribution in [0.2, 0.25) is 10.0 Å². The molecule has 0 unspecified atom stereocenters. The highest BCUT2D eigenvalue weighted by molar-refractivity contribution is 9.10. The number of anilines is 1. The molecule has 20 heavy (non-hydrogen) atoms. The lowest BCUT2D eigenvalue weighted by Gasteiger charge is -2.12. The van der Waals surface area contributed by atoms with Crippen molar-refractivity contribution in [3.05, 3.63) is 56.5 Å². The van der Waals surface area contributed by atoms with Gasteiger partial charge in [-0.25, -0.2) is 0 Å². The van der Waals surface area contributed by atoms with E-state index in [1.807, 2.05) is 43.3 Å². The van der Waals surface area contributed by atoms with Crippen LogP contribution in [-0.2, 0) is 0 Å². The summed E-state index contributed by atoms with van der Waals surface area (Å²) in [6, 6.07) is 11.4. The molecule has 0 amide bonds. The lowest BCUT2D eigenvalue weighted by Crippen LogP contribution is -2.12. The highest BCUT2D eigenvalue weighted by Crippen LogP contribution is 2.31. The van der Waals surface area contributed by atoms with Gasteiger partial charge in [-0.1, -0.05) is 39.1 Å². The van der Waals surface area contributed by atoms with Crippen LogP contribution in [-0.4, -0.2) is 13.2 Å². The Morgan fingerprint density at radius 3 is 2.50 bits per heavy atom. The molecule has 0 fully saturated rings. The van der Waals surface area contributed by atoms with Crippen LogP contribution in [0, 0.1) is 6.92 Å². The van der Waals surface area contributed by atoms with E-state index in [1.165, 1.54) is 0 Å². The molecule has 2 aromatic rings. The van der Waals surface area contributed by atoms with Gasteiger partial charge in [0.05, 0.1) is 5.02 Å². The van der Waals surface area contributed by atoms with Crippen molar-refractivity contribution in [2.24, 2.45) is 0 Å². The fraction of sp³-hybridized carbons (Fsp3) is 0.200. The van der Waals surface area contributed by atoms with Gasteiger partial charge >= 0.3 is 0 Å². The number of rotatable bonds is 5. The maximum absolute atomic E-state index is 6.16. The predicted molar refractivity (Wildman–Crippen MR) is 89.3 cm³/mol. The summed E-state index contributed by atoms with van der Waals surface area (Å²) < 4.78 is 6.68. The van der Waals surface area contributed by atoms with Crippen molar-refractivity contribution in [3.63, 3.8) is 0 Å². The number of nitrogens with one attached hydrogen (secondary N) is 1.